The number of aliphatic imine (C=N–C) groups is 2. The molecule has 51 heavy (non-hydrogen) atoms. The van der Waals surface area contributed by atoms with Crippen LogP contribution in [0.2, 0.25) is 0 Å². The second kappa shape index (κ2) is 12.0. The Morgan fingerprint density at radius 1 is 0.392 bits per heavy atom. The number of para-hydroxylation sites is 1. The van der Waals surface area contributed by atoms with Gasteiger partial charge in [0.2, 0.25) is 0 Å². The number of aromatic nitrogens is 1. The van der Waals surface area contributed by atoms with Crippen molar-refractivity contribution in [3.63, 3.8) is 0 Å². The molecule has 4 heteroatoms. The van der Waals surface area contributed by atoms with Crippen LogP contribution in [-0.4, -0.2) is 16.2 Å². The van der Waals surface area contributed by atoms with Crippen molar-refractivity contribution in [3.05, 3.63) is 199 Å². The lowest BCUT2D eigenvalue weighted by Crippen LogP contribution is -2.36. The molecule has 8 aromatic carbocycles. The van der Waals surface area contributed by atoms with Crippen LogP contribution in [-0.2, 0) is 0 Å². The largest absolute Gasteiger partial charge is 0.324 e. The van der Waals surface area contributed by atoms with Crippen LogP contribution in [0.1, 0.15) is 22.9 Å². The van der Waals surface area contributed by atoms with Crippen LogP contribution in [0.25, 0.3) is 60.2 Å². The number of nitrogens with zero attached hydrogens (tertiary/aromatic N) is 3. The second-order valence-corrected chi connectivity index (χ2v) is 13.1. The first-order chi connectivity index (χ1) is 25.2. The van der Waals surface area contributed by atoms with Gasteiger partial charge in [0, 0.05) is 27.6 Å². The summed E-state index contributed by atoms with van der Waals surface area (Å²) in [6.07, 6.45) is -0.405. The molecule has 0 saturated heterocycles. The van der Waals surface area contributed by atoms with E-state index in [1.54, 1.807) is 0 Å². The first-order valence-corrected chi connectivity index (χ1v) is 17.4. The van der Waals surface area contributed by atoms with Gasteiger partial charge in [-0.2, -0.15) is 0 Å². The Kier molecular flexibility index (Phi) is 6.85. The third-order valence-electron chi connectivity index (χ3n) is 9.97. The molecule has 0 spiro atoms. The topological polar surface area (TPSA) is 41.7 Å². The highest BCUT2D eigenvalue weighted by molar-refractivity contribution is 6.17. The van der Waals surface area contributed by atoms with E-state index in [-0.39, 0.29) is 0 Å². The van der Waals surface area contributed by atoms with Crippen molar-refractivity contribution in [2.45, 2.75) is 6.17 Å². The minimum atomic E-state index is -0.405. The number of fused-ring (bicyclic) bond motifs is 5. The van der Waals surface area contributed by atoms with Gasteiger partial charge < -0.3 is 9.88 Å². The second-order valence-electron chi connectivity index (χ2n) is 13.1. The highest BCUT2D eigenvalue weighted by atomic mass is 15.2. The summed E-state index contributed by atoms with van der Waals surface area (Å²) in [6.45, 7) is 0. The summed E-state index contributed by atoms with van der Waals surface area (Å²) >= 11 is 0. The number of benzene rings is 8. The number of hydrogen-bond acceptors (Lipinski definition) is 3. The van der Waals surface area contributed by atoms with Crippen LogP contribution < -0.4 is 5.32 Å². The molecule has 1 N–H and O–H groups in total. The van der Waals surface area contributed by atoms with Crippen LogP contribution >= 0.6 is 0 Å². The minimum Gasteiger partial charge on any atom is -0.324 e. The van der Waals surface area contributed by atoms with Gasteiger partial charge in [-0.15, -0.1) is 0 Å². The van der Waals surface area contributed by atoms with E-state index in [1.807, 2.05) is 18.2 Å². The average molecular weight is 653 g/mol. The highest BCUT2D eigenvalue weighted by Crippen LogP contribution is 2.35. The molecule has 0 amide bonds. The normalized spacial score (nSPS) is 14.5. The van der Waals surface area contributed by atoms with Gasteiger partial charge in [0.15, 0.2) is 6.17 Å². The first-order valence-electron chi connectivity index (χ1n) is 17.4. The fourth-order valence-electron chi connectivity index (χ4n) is 7.45. The lowest BCUT2D eigenvalue weighted by molar-refractivity contribution is 0.757. The zero-order chi connectivity index (χ0) is 33.7. The third kappa shape index (κ3) is 5.17. The summed E-state index contributed by atoms with van der Waals surface area (Å²) in [5, 5.41) is 10.9. The number of hydrogen-bond donors (Lipinski definition) is 1. The Hall–Kier alpha value is -6.78. The van der Waals surface area contributed by atoms with Gasteiger partial charge in [-0.1, -0.05) is 140 Å². The molecular formula is C47H32N4. The molecule has 1 aromatic heterocycles. The molecule has 4 nitrogen and oxygen atoms in total. The van der Waals surface area contributed by atoms with E-state index < -0.39 is 6.17 Å². The molecule has 0 bridgehead atoms. The van der Waals surface area contributed by atoms with Crippen LogP contribution in [0.4, 0.5) is 0 Å². The van der Waals surface area contributed by atoms with Gasteiger partial charge in [0.05, 0.1) is 11.0 Å². The van der Waals surface area contributed by atoms with Gasteiger partial charge >= 0.3 is 0 Å². The molecule has 9 aromatic rings. The first kappa shape index (κ1) is 29.2. The molecule has 0 fully saturated rings. The van der Waals surface area contributed by atoms with Crippen molar-refractivity contribution in [1.29, 1.82) is 0 Å². The standard InChI is InChI=1S/C47H32N4/c1-3-12-31(13-4-1)35-22-23-37-27-39(25-24-36(37)26-35)47-49-45(32-14-5-2-6-15-32)48-46(50-47)38-18-11-19-40(28-38)51-43-21-10-9-20-41(43)42-29-33-16-7-8-17-34(33)30-44(42)51/h1-30,47H,(H,48,49,50). The Labute approximate surface area is 295 Å². The zero-order valence-corrected chi connectivity index (χ0v) is 27.7. The number of rotatable bonds is 5. The lowest BCUT2D eigenvalue weighted by Gasteiger charge is -2.23. The minimum absolute atomic E-state index is 0.405. The SMILES string of the molecule is c1ccc(C2=NC(c3ccc4cc(-c5ccccc5)ccc4c3)N=C(c3cccc(-n4c5ccccc5c5cc6ccccc6cc54)c3)N2)cc1. The average Bonchev–Trinajstić information content (AvgIpc) is 3.53. The van der Waals surface area contributed by atoms with E-state index in [0.717, 1.165) is 34.0 Å². The van der Waals surface area contributed by atoms with Crippen molar-refractivity contribution < 1.29 is 0 Å². The summed E-state index contributed by atoms with van der Waals surface area (Å²) < 4.78 is 2.38. The van der Waals surface area contributed by atoms with E-state index >= 15 is 0 Å². The van der Waals surface area contributed by atoms with Crippen LogP contribution in [0.5, 0.6) is 0 Å². The Balaban J connectivity index is 1.09. The predicted molar refractivity (Wildman–Crippen MR) is 213 cm³/mol. The molecule has 0 radical (unpaired) electrons. The van der Waals surface area contributed by atoms with Crippen LogP contribution in [0.15, 0.2) is 192 Å². The van der Waals surface area contributed by atoms with E-state index in [4.69, 9.17) is 9.98 Å². The van der Waals surface area contributed by atoms with E-state index in [1.165, 1.54) is 54.5 Å². The molecular weight excluding hydrogens is 621 g/mol. The smallest absolute Gasteiger partial charge is 0.169 e. The molecule has 10 rings (SSSR count). The van der Waals surface area contributed by atoms with Crippen LogP contribution in [0, 0.1) is 0 Å². The molecule has 1 aliphatic rings. The Morgan fingerprint density at radius 3 is 1.84 bits per heavy atom. The zero-order valence-electron chi connectivity index (χ0n) is 27.7. The molecule has 1 atom stereocenters. The fraction of sp³-hybridized carbons (Fsp3) is 0.0213. The quantitative estimate of drug-likeness (QED) is 0.197. The summed E-state index contributed by atoms with van der Waals surface area (Å²) in [5.74, 6) is 1.60. The third-order valence-corrected chi connectivity index (χ3v) is 9.97. The maximum Gasteiger partial charge on any atom is 0.169 e. The van der Waals surface area contributed by atoms with E-state index in [9.17, 15) is 0 Å². The highest BCUT2D eigenvalue weighted by Gasteiger charge is 2.22. The number of amidine groups is 2. The molecule has 2 heterocycles. The molecule has 1 aliphatic heterocycles. The van der Waals surface area contributed by atoms with E-state index in [2.05, 4.69) is 174 Å². The van der Waals surface area contributed by atoms with Gasteiger partial charge in [0.1, 0.15) is 11.7 Å². The fourth-order valence-corrected chi connectivity index (χ4v) is 7.45. The van der Waals surface area contributed by atoms with Crippen molar-refractivity contribution >= 4 is 55.0 Å². The molecule has 240 valence electrons. The maximum atomic E-state index is 5.27. The Morgan fingerprint density at radius 2 is 1.02 bits per heavy atom. The number of nitrogens with one attached hydrogen (secondary N) is 1. The predicted octanol–water partition coefficient (Wildman–Crippen LogP) is 11.3. The van der Waals surface area contributed by atoms with Crippen molar-refractivity contribution in [2.24, 2.45) is 9.98 Å². The van der Waals surface area contributed by atoms with Crippen molar-refractivity contribution in [2.75, 3.05) is 0 Å². The molecule has 1 unspecified atom stereocenters. The van der Waals surface area contributed by atoms with Gasteiger partial charge in [-0.05, 0) is 80.7 Å². The molecule has 0 aliphatic carbocycles. The summed E-state index contributed by atoms with van der Waals surface area (Å²) in [5.41, 5.74) is 8.93. The summed E-state index contributed by atoms with van der Waals surface area (Å²) in [6, 6.07) is 64.7. The van der Waals surface area contributed by atoms with Crippen molar-refractivity contribution in [1.82, 2.24) is 9.88 Å². The maximum absolute atomic E-state index is 5.27. The van der Waals surface area contributed by atoms with Gasteiger partial charge in [-0.3, -0.25) is 0 Å². The Bertz CT molecular complexity index is 2830. The van der Waals surface area contributed by atoms with Gasteiger partial charge in [-0.25, -0.2) is 9.98 Å². The van der Waals surface area contributed by atoms with Gasteiger partial charge in [0.25, 0.3) is 0 Å². The summed E-state index contributed by atoms with van der Waals surface area (Å²) in [7, 11) is 0. The lowest BCUT2D eigenvalue weighted by atomic mass is 9.99. The van der Waals surface area contributed by atoms with Crippen molar-refractivity contribution in [3.8, 4) is 16.8 Å². The summed E-state index contributed by atoms with van der Waals surface area (Å²) in [4.78, 5) is 10.4. The van der Waals surface area contributed by atoms with Crippen LogP contribution in [0.3, 0.4) is 0 Å². The van der Waals surface area contributed by atoms with E-state index in [0.29, 0.717) is 0 Å². The monoisotopic (exact) mass is 652 g/mol. The molecule has 0 saturated carbocycles.